The number of rotatable bonds is 3. The Morgan fingerprint density at radius 3 is 2.31 bits per heavy atom. The Hall–Kier alpha value is -1.00. The van der Waals surface area contributed by atoms with E-state index in [1.54, 1.807) is 18.2 Å². The van der Waals surface area contributed by atoms with Crippen LogP contribution in [0.1, 0.15) is 17.2 Å². The lowest BCUT2D eigenvalue weighted by molar-refractivity contribution is 0.555. The molecule has 0 bridgehead atoms. The monoisotopic (exact) mass is 256 g/mol. The van der Waals surface area contributed by atoms with Crippen molar-refractivity contribution >= 4 is 23.2 Å². The van der Waals surface area contributed by atoms with E-state index in [0.29, 0.717) is 10.2 Å². The predicted molar refractivity (Wildman–Crippen MR) is 64.3 cm³/mol. The molecule has 0 fully saturated rings. The fourth-order valence-electron chi connectivity index (χ4n) is 1.53. The van der Waals surface area contributed by atoms with Crippen LogP contribution in [-0.4, -0.2) is 0 Å². The summed E-state index contributed by atoms with van der Waals surface area (Å²) in [4.78, 5) is 0. The van der Waals surface area contributed by atoms with Gasteiger partial charge in [0.2, 0.25) is 0 Å². The van der Waals surface area contributed by atoms with E-state index in [1.807, 2.05) is 12.1 Å². The van der Waals surface area contributed by atoms with Crippen LogP contribution in [0.2, 0.25) is 10.2 Å². The van der Waals surface area contributed by atoms with Crippen molar-refractivity contribution in [3.8, 4) is 0 Å². The van der Waals surface area contributed by atoms with Gasteiger partial charge in [0.1, 0.15) is 0 Å². The summed E-state index contributed by atoms with van der Waals surface area (Å²) in [6, 6.07) is 8.95. The summed E-state index contributed by atoms with van der Waals surface area (Å²) in [7, 11) is 0. The molecule has 0 radical (unpaired) electrons. The van der Waals surface area contributed by atoms with Crippen LogP contribution in [0.25, 0.3) is 0 Å². The topological polar surface area (TPSA) is 51.2 Å². The molecule has 1 aromatic carbocycles. The molecule has 3 nitrogen and oxygen atoms in total. The Morgan fingerprint density at radius 2 is 1.81 bits per heavy atom. The third-order valence-electron chi connectivity index (χ3n) is 2.33. The van der Waals surface area contributed by atoms with Crippen LogP contribution in [0.4, 0.5) is 0 Å². The molecule has 1 atom stereocenters. The molecular weight excluding hydrogens is 247 g/mol. The number of hydrogen-bond acceptors (Lipinski definition) is 3. The molecule has 84 valence electrons. The fraction of sp³-hybridized carbons (Fsp3) is 0.0909. The second kappa shape index (κ2) is 4.89. The highest BCUT2D eigenvalue weighted by Gasteiger charge is 2.17. The van der Waals surface area contributed by atoms with Gasteiger partial charge in [-0.15, -0.1) is 0 Å². The smallest absolute Gasteiger partial charge is 0.198 e. The highest BCUT2D eigenvalue weighted by molar-refractivity contribution is 6.30. The van der Waals surface area contributed by atoms with E-state index in [4.69, 9.17) is 33.5 Å². The predicted octanol–water partition coefficient (Wildman–Crippen LogP) is 3.14. The molecule has 5 heteroatoms. The number of halogens is 2. The van der Waals surface area contributed by atoms with E-state index in [0.717, 1.165) is 11.1 Å². The van der Waals surface area contributed by atoms with E-state index in [2.05, 4.69) is 5.43 Å². The van der Waals surface area contributed by atoms with E-state index < -0.39 is 0 Å². The molecule has 0 aliphatic rings. The van der Waals surface area contributed by atoms with Gasteiger partial charge in [0.15, 0.2) is 5.22 Å². The number of nitrogens with one attached hydrogen (secondary N) is 1. The molecule has 2 rings (SSSR count). The van der Waals surface area contributed by atoms with E-state index in [1.165, 1.54) is 6.26 Å². The van der Waals surface area contributed by atoms with Crippen LogP contribution < -0.4 is 11.3 Å². The zero-order chi connectivity index (χ0) is 11.5. The minimum absolute atomic E-state index is 0.205. The number of hydrogen-bond donors (Lipinski definition) is 2. The lowest BCUT2D eigenvalue weighted by Crippen LogP contribution is -2.28. The first-order valence-corrected chi connectivity index (χ1v) is 5.42. The molecule has 0 amide bonds. The zero-order valence-corrected chi connectivity index (χ0v) is 9.79. The SMILES string of the molecule is NNC(c1ccc(Cl)cc1)c1ccoc1Cl. The molecular formula is C11H10Cl2N2O. The first-order chi connectivity index (χ1) is 7.72. The molecule has 16 heavy (non-hydrogen) atoms. The molecule has 0 aliphatic heterocycles. The van der Waals surface area contributed by atoms with Crippen molar-refractivity contribution in [1.82, 2.24) is 5.43 Å². The zero-order valence-electron chi connectivity index (χ0n) is 8.28. The molecule has 1 heterocycles. The lowest BCUT2D eigenvalue weighted by Gasteiger charge is -2.15. The van der Waals surface area contributed by atoms with Gasteiger partial charge in [-0.25, -0.2) is 5.43 Å². The lowest BCUT2D eigenvalue weighted by atomic mass is 10.0. The summed E-state index contributed by atoms with van der Waals surface area (Å²) in [5.41, 5.74) is 4.46. The van der Waals surface area contributed by atoms with E-state index in [-0.39, 0.29) is 6.04 Å². The van der Waals surface area contributed by atoms with Gasteiger partial charge in [-0.3, -0.25) is 5.84 Å². The second-order valence-corrected chi connectivity index (χ2v) is 4.08. The molecule has 3 N–H and O–H groups in total. The minimum Gasteiger partial charge on any atom is -0.453 e. The van der Waals surface area contributed by atoms with Gasteiger partial charge in [0.25, 0.3) is 0 Å². The minimum atomic E-state index is -0.205. The molecule has 0 saturated heterocycles. The number of furan rings is 1. The van der Waals surface area contributed by atoms with Crippen LogP contribution in [0.5, 0.6) is 0 Å². The van der Waals surface area contributed by atoms with Gasteiger partial charge < -0.3 is 4.42 Å². The Labute approximate surface area is 103 Å². The molecule has 2 aromatic rings. The molecule has 0 spiro atoms. The highest BCUT2D eigenvalue weighted by atomic mass is 35.5. The summed E-state index contributed by atoms with van der Waals surface area (Å²) in [6.45, 7) is 0. The van der Waals surface area contributed by atoms with Crippen molar-refractivity contribution in [2.24, 2.45) is 5.84 Å². The molecule has 1 aromatic heterocycles. The Balaban J connectivity index is 2.37. The standard InChI is InChI=1S/C11H10Cl2N2O/c12-8-3-1-7(2-4-8)10(15-14)9-5-6-16-11(9)13/h1-6,10,15H,14H2. The quantitative estimate of drug-likeness (QED) is 0.656. The maximum absolute atomic E-state index is 5.91. The maximum atomic E-state index is 5.91. The average Bonchev–Trinajstić information content (AvgIpc) is 2.69. The van der Waals surface area contributed by atoms with Gasteiger partial charge in [-0.2, -0.15) is 0 Å². The van der Waals surface area contributed by atoms with Crippen LogP contribution in [0.15, 0.2) is 41.0 Å². The van der Waals surface area contributed by atoms with E-state index in [9.17, 15) is 0 Å². The van der Waals surface area contributed by atoms with E-state index >= 15 is 0 Å². The normalized spacial score (nSPS) is 12.7. The van der Waals surface area contributed by atoms with Gasteiger partial charge in [-0.05, 0) is 35.4 Å². The first kappa shape index (κ1) is 11.5. The Bertz CT molecular complexity index is 467. The second-order valence-electron chi connectivity index (χ2n) is 3.30. The van der Waals surface area contributed by atoms with Gasteiger partial charge >= 0.3 is 0 Å². The number of nitrogens with two attached hydrogens (primary N) is 1. The molecule has 1 unspecified atom stereocenters. The van der Waals surface area contributed by atoms with Crippen LogP contribution in [0, 0.1) is 0 Å². The Kier molecular flexibility index (Phi) is 3.51. The van der Waals surface area contributed by atoms with Gasteiger partial charge in [0.05, 0.1) is 12.3 Å². The van der Waals surface area contributed by atoms with Gasteiger partial charge in [0, 0.05) is 10.6 Å². The maximum Gasteiger partial charge on any atom is 0.198 e. The summed E-state index contributed by atoms with van der Waals surface area (Å²) in [6.07, 6.45) is 1.53. The van der Waals surface area contributed by atoms with Crippen LogP contribution in [0.3, 0.4) is 0 Å². The van der Waals surface area contributed by atoms with Crippen molar-refractivity contribution in [2.45, 2.75) is 6.04 Å². The van der Waals surface area contributed by atoms with Crippen molar-refractivity contribution in [3.63, 3.8) is 0 Å². The largest absolute Gasteiger partial charge is 0.453 e. The number of hydrazine groups is 1. The molecule has 0 saturated carbocycles. The third kappa shape index (κ3) is 2.23. The summed E-state index contributed by atoms with van der Waals surface area (Å²) in [5, 5.41) is 1.01. The number of benzene rings is 1. The fourth-order valence-corrected chi connectivity index (χ4v) is 1.88. The van der Waals surface area contributed by atoms with Gasteiger partial charge in [-0.1, -0.05) is 23.7 Å². The van der Waals surface area contributed by atoms with Crippen LogP contribution in [-0.2, 0) is 0 Å². The third-order valence-corrected chi connectivity index (χ3v) is 2.89. The van der Waals surface area contributed by atoms with Crippen molar-refractivity contribution in [1.29, 1.82) is 0 Å². The summed E-state index contributed by atoms with van der Waals surface area (Å²) < 4.78 is 5.04. The van der Waals surface area contributed by atoms with Crippen LogP contribution >= 0.6 is 23.2 Å². The van der Waals surface area contributed by atoms with Crippen molar-refractivity contribution < 1.29 is 4.42 Å². The molecule has 0 aliphatic carbocycles. The van der Waals surface area contributed by atoms with Crippen molar-refractivity contribution in [2.75, 3.05) is 0 Å². The highest BCUT2D eigenvalue weighted by Crippen LogP contribution is 2.29. The summed E-state index contributed by atoms with van der Waals surface area (Å²) in [5.74, 6) is 5.52. The Morgan fingerprint density at radius 1 is 1.12 bits per heavy atom. The van der Waals surface area contributed by atoms with Crippen molar-refractivity contribution in [3.05, 3.63) is 58.0 Å². The average molecular weight is 257 g/mol. The first-order valence-electron chi connectivity index (χ1n) is 4.67. The summed E-state index contributed by atoms with van der Waals surface area (Å²) >= 11 is 11.7.